The Labute approximate surface area is 117 Å². The number of likely N-dealkylation sites (tertiary alicyclic amines) is 1. The third kappa shape index (κ3) is 3.71. The van der Waals surface area contributed by atoms with Crippen molar-refractivity contribution in [3.8, 4) is 0 Å². The van der Waals surface area contributed by atoms with Crippen LogP contribution in [0.15, 0.2) is 0 Å². The lowest BCUT2D eigenvalue weighted by Crippen LogP contribution is -2.46. The van der Waals surface area contributed by atoms with Crippen LogP contribution in [0.2, 0.25) is 0 Å². The first-order chi connectivity index (χ1) is 9.33. The van der Waals surface area contributed by atoms with E-state index >= 15 is 0 Å². The maximum atomic E-state index is 12.0. The highest BCUT2D eigenvalue weighted by Gasteiger charge is 2.34. The number of nitrogens with one attached hydrogen (secondary N) is 1. The summed E-state index contributed by atoms with van der Waals surface area (Å²) in [5.74, 6) is 1.75. The van der Waals surface area contributed by atoms with Gasteiger partial charge in [-0.3, -0.25) is 4.79 Å². The summed E-state index contributed by atoms with van der Waals surface area (Å²) in [5.41, 5.74) is 0. The molecule has 3 aliphatic rings. The van der Waals surface area contributed by atoms with E-state index in [2.05, 4.69) is 10.2 Å². The van der Waals surface area contributed by atoms with Crippen LogP contribution in [-0.4, -0.2) is 36.5 Å². The number of piperidine rings is 1. The first-order valence-electron chi connectivity index (χ1n) is 8.35. The van der Waals surface area contributed by atoms with Crippen LogP contribution in [-0.2, 0) is 4.79 Å². The van der Waals surface area contributed by atoms with Crippen LogP contribution in [0.4, 0.5) is 0 Å². The second kappa shape index (κ2) is 6.25. The zero-order valence-electron chi connectivity index (χ0n) is 12.1. The van der Waals surface area contributed by atoms with Gasteiger partial charge in [0.05, 0.1) is 0 Å². The number of amides is 1. The van der Waals surface area contributed by atoms with Gasteiger partial charge in [-0.25, -0.2) is 0 Å². The summed E-state index contributed by atoms with van der Waals surface area (Å²) in [7, 11) is 0. The topological polar surface area (TPSA) is 32.3 Å². The fourth-order valence-corrected chi connectivity index (χ4v) is 3.62. The van der Waals surface area contributed by atoms with Gasteiger partial charge in [0.15, 0.2) is 0 Å². The van der Waals surface area contributed by atoms with Gasteiger partial charge in [-0.15, -0.1) is 0 Å². The van der Waals surface area contributed by atoms with Gasteiger partial charge in [-0.05, 0) is 51.0 Å². The largest absolute Gasteiger partial charge is 0.342 e. The molecule has 0 spiro atoms. The molecule has 19 heavy (non-hydrogen) atoms. The number of nitrogens with zero attached hydrogens (tertiary/aromatic N) is 1. The molecule has 3 heteroatoms. The molecule has 1 saturated heterocycles. The van der Waals surface area contributed by atoms with E-state index in [1.807, 2.05) is 0 Å². The van der Waals surface area contributed by atoms with Crippen LogP contribution in [0.3, 0.4) is 0 Å². The fraction of sp³-hybridized carbons (Fsp3) is 0.938. The van der Waals surface area contributed by atoms with Crippen molar-refractivity contribution in [2.24, 2.45) is 11.8 Å². The van der Waals surface area contributed by atoms with E-state index in [1.165, 1.54) is 38.6 Å². The van der Waals surface area contributed by atoms with Gasteiger partial charge in [0, 0.05) is 25.0 Å². The molecule has 2 aliphatic carbocycles. The lowest BCUT2D eigenvalue weighted by Gasteiger charge is -2.34. The Bertz CT molecular complexity index is 300. The monoisotopic (exact) mass is 264 g/mol. The molecule has 0 aromatic rings. The molecular weight excluding hydrogens is 236 g/mol. The Morgan fingerprint density at radius 2 is 1.63 bits per heavy atom. The normalized spacial score (nSPS) is 26.6. The van der Waals surface area contributed by atoms with Gasteiger partial charge in [0.25, 0.3) is 0 Å². The van der Waals surface area contributed by atoms with Crippen molar-refractivity contribution < 1.29 is 4.79 Å². The van der Waals surface area contributed by atoms with Crippen molar-refractivity contribution in [3.05, 3.63) is 0 Å². The molecule has 108 valence electrons. The summed E-state index contributed by atoms with van der Waals surface area (Å²) < 4.78 is 0. The summed E-state index contributed by atoms with van der Waals surface area (Å²) in [6.45, 7) is 3.18. The first-order valence-corrected chi connectivity index (χ1v) is 8.35. The molecule has 0 aromatic carbocycles. The van der Waals surface area contributed by atoms with Gasteiger partial charge in [-0.1, -0.05) is 19.3 Å². The molecule has 3 rings (SSSR count). The zero-order valence-corrected chi connectivity index (χ0v) is 12.1. The average molecular weight is 264 g/mol. The lowest BCUT2D eigenvalue weighted by atomic mass is 9.89. The van der Waals surface area contributed by atoms with Crippen molar-refractivity contribution in [1.29, 1.82) is 0 Å². The van der Waals surface area contributed by atoms with E-state index in [0.29, 0.717) is 17.9 Å². The van der Waals surface area contributed by atoms with E-state index in [-0.39, 0.29) is 0 Å². The maximum absolute atomic E-state index is 12.0. The zero-order chi connectivity index (χ0) is 13.1. The fourth-order valence-electron chi connectivity index (χ4n) is 3.62. The smallest absolute Gasteiger partial charge is 0.225 e. The molecule has 3 fully saturated rings. The highest BCUT2D eigenvalue weighted by atomic mass is 16.2. The molecule has 0 unspecified atom stereocenters. The third-order valence-corrected chi connectivity index (χ3v) is 5.15. The Morgan fingerprint density at radius 3 is 2.26 bits per heavy atom. The molecule has 2 saturated carbocycles. The van der Waals surface area contributed by atoms with E-state index in [4.69, 9.17) is 0 Å². The summed E-state index contributed by atoms with van der Waals surface area (Å²) in [4.78, 5) is 14.1. The highest BCUT2D eigenvalue weighted by Crippen LogP contribution is 2.32. The molecule has 1 heterocycles. The molecule has 1 N–H and O–H groups in total. The molecule has 0 atom stereocenters. The Kier molecular flexibility index (Phi) is 4.42. The van der Waals surface area contributed by atoms with Crippen LogP contribution in [0.25, 0.3) is 0 Å². The minimum atomic E-state index is 0.395. The molecule has 0 bridgehead atoms. The minimum absolute atomic E-state index is 0.395. The van der Waals surface area contributed by atoms with Crippen molar-refractivity contribution in [2.45, 2.75) is 63.8 Å². The maximum Gasteiger partial charge on any atom is 0.225 e. The van der Waals surface area contributed by atoms with Gasteiger partial charge in [0.1, 0.15) is 0 Å². The summed E-state index contributed by atoms with van der Waals surface area (Å²) in [5, 5.41) is 3.76. The van der Waals surface area contributed by atoms with Crippen LogP contribution < -0.4 is 5.32 Å². The second-order valence-electron chi connectivity index (χ2n) is 6.79. The Balaban J connectivity index is 1.34. The number of rotatable bonds is 4. The van der Waals surface area contributed by atoms with Crippen LogP contribution in [0.1, 0.15) is 57.8 Å². The van der Waals surface area contributed by atoms with Crippen LogP contribution in [0.5, 0.6) is 0 Å². The minimum Gasteiger partial charge on any atom is -0.342 e. The van der Waals surface area contributed by atoms with Gasteiger partial charge in [-0.2, -0.15) is 0 Å². The SMILES string of the molecule is O=C(C1CC1)N1CCC(NCC2CCCCC2)CC1. The third-order valence-electron chi connectivity index (χ3n) is 5.15. The first kappa shape index (κ1) is 13.4. The van der Waals surface area contributed by atoms with Crippen LogP contribution >= 0.6 is 0 Å². The summed E-state index contributed by atoms with van der Waals surface area (Å²) in [6, 6.07) is 0.658. The predicted octanol–water partition coefficient (Wildman–Crippen LogP) is 2.56. The molecule has 0 radical (unpaired) electrons. The summed E-state index contributed by atoms with van der Waals surface area (Å²) in [6.07, 6.45) is 11.7. The number of carbonyl (C=O) groups excluding carboxylic acids is 1. The molecule has 1 aliphatic heterocycles. The van der Waals surface area contributed by atoms with Crippen molar-refractivity contribution >= 4 is 5.91 Å². The quantitative estimate of drug-likeness (QED) is 0.846. The van der Waals surface area contributed by atoms with Gasteiger partial charge < -0.3 is 10.2 Å². The van der Waals surface area contributed by atoms with Crippen molar-refractivity contribution in [3.63, 3.8) is 0 Å². The molecule has 3 nitrogen and oxygen atoms in total. The summed E-state index contributed by atoms with van der Waals surface area (Å²) >= 11 is 0. The number of hydrogen-bond donors (Lipinski definition) is 1. The van der Waals surface area contributed by atoms with Crippen molar-refractivity contribution in [2.75, 3.05) is 19.6 Å². The van der Waals surface area contributed by atoms with E-state index in [0.717, 1.165) is 44.7 Å². The number of hydrogen-bond acceptors (Lipinski definition) is 2. The van der Waals surface area contributed by atoms with Crippen LogP contribution in [0, 0.1) is 11.8 Å². The lowest BCUT2D eigenvalue weighted by molar-refractivity contribution is -0.133. The predicted molar refractivity (Wildman–Crippen MR) is 76.9 cm³/mol. The molecular formula is C16H28N2O. The Morgan fingerprint density at radius 1 is 0.947 bits per heavy atom. The Hall–Kier alpha value is -0.570. The van der Waals surface area contributed by atoms with Crippen molar-refractivity contribution in [1.82, 2.24) is 10.2 Å². The standard InChI is InChI=1S/C16H28N2O/c19-16(14-6-7-14)18-10-8-15(9-11-18)17-12-13-4-2-1-3-5-13/h13-15,17H,1-12H2. The second-order valence-corrected chi connectivity index (χ2v) is 6.79. The van der Waals surface area contributed by atoms with E-state index in [1.54, 1.807) is 0 Å². The number of carbonyl (C=O) groups is 1. The van der Waals surface area contributed by atoms with E-state index in [9.17, 15) is 4.79 Å². The average Bonchev–Trinajstić information content (AvgIpc) is 3.31. The van der Waals surface area contributed by atoms with Gasteiger partial charge >= 0.3 is 0 Å². The highest BCUT2D eigenvalue weighted by molar-refractivity contribution is 5.81. The molecule has 0 aromatic heterocycles. The van der Waals surface area contributed by atoms with E-state index < -0.39 is 0 Å². The molecule has 1 amide bonds. The van der Waals surface area contributed by atoms with Gasteiger partial charge in [0.2, 0.25) is 5.91 Å².